The number of hydrogen-bond donors (Lipinski definition) is 3. The Morgan fingerprint density at radius 3 is 2.05 bits per heavy atom. The van der Waals surface area contributed by atoms with Crippen LogP contribution in [-0.4, -0.2) is 24.5 Å². The topological polar surface area (TPSA) is 89.3 Å². The van der Waals surface area contributed by atoms with E-state index in [1.165, 1.54) is 6.42 Å². The largest absolute Gasteiger partial charge is 0.508 e. The molecule has 5 N–H and O–H groups in total. The van der Waals surface area contributed by atoms with Crippen molar-refractivity contribution in [3.05, 3.63) is 30.3 Å². The lowest BCUT2D eigenvalue weighted by Gasteiger charge is -2.45. The van der Waals surface area contributed by atoms with Gasteiger partial charge in [0.1, 0.15) is 12.5 Å². The molecule has 0 radical (unpaired) electrons. The Kier molecular flexibility index (Phi) is 8.22. The number of phenols is 1. The molecule has 2 unspecified atom stereocenters. The van der Waals surface area contributed by atoms with Crippen molar-refractivity contribution in [3.8, 4) is 5.75 Å². The Bertz CT molecular complexity index is 395. The van der Waals surface area contributed by atoms with Gasteiger partial charge in [-0.2, -0.15) is 0 Å². The fourth-order valence-electron chi connectivity index (χ4n) is 3.30. The van der Waals surface area contributed by atoms with Gasteiger partial charge in [0.25, 0.3) is 0 Å². The van der Waals surface area contributed by atoms with Crippen LogP contribution in [0.1, 0.15) is 40.0 Å². The molecule has 1 aromatic carbocycles. The van der Waals surface area contributed by atoms with Gasteiger partial charge in [-0.15, -0.1) is 0 Å². The molecule has 0 heterocycles. The number of nitrogens with two attached hydrogens (primary N) is 2. The molecule has 21 heavy (non-hydrogen) atoms. The first-order chi connectivity index (χ1) is 9.76. The van der Waals surface area contributed by atoms with Crippen molar-refractivity contribution in [2.24, 2.45) is 22.3 Å². The maximum Gasteiger partial charge on any atom is 0.115 e. The lowest BCUT2D eigenvalue weighted by molar-refractivity contribution is -0.0979. The van der Waals surface area contributed by atoms with Gasteiger partial charge in [-0.25, -0.2) is 0 Å². The molecule has 2 atom stereocenters. The summed E-state index contributed by atoms with van der Waals surface area (Å²) in [5, 5.41) is 8.63. The first kappa shape index (κ1) is 19.6. The van der Waals surface area contributed by atoms with E-state index in [0.717, 1.165) is 19.4 Å². The molecule has 0 aromatic heterocycles. The molecule has 4 heteroatoms. The third kappa shape index (κ3) is 7.83. The minimum absolute atomic E-state index is 0.279. The fraction of sp³-hybridized carbons (Fsp3) is 0.588. The van der Waals surface area contributed by atoms with Gasteiger partial charge in [-0.05, 0) is 48.8 Å². The van der Waals surface area contributed by atoms with Crippen LogP contribution in [0.4, 0.5) is 0 Å². The predicted molar refractivity (Wildman–Crippen MR) is 88.0 cm³/mol. The van der Waals surface area contributed by atoms with Crippen LogP contribution in [0, 0.1) is 10.8 Å². The molecule has 1 aliphatic rings. The summed E-state index contributed by atoms with van der Waals surface area (Å²) in [5.41, 5.74) is 12.4. The SMILES string of the molecule is C=O.CC1(C)CC(N)CC(C)(CN)C1.Oc1ccccc1. The highest BCUT2D eigenvalue weighted by molar-refractivity contribution is 5.18. The summed E-state index contributed by atoms with van der Waals surface area (Å²) in [7, 11) is 0. The molecule has 0 bridgehead atoms. The molecule has 0 aliphatic heterocycles. The van der Waals surface area contributed by atoms with Gasteiger partial charge >= 0.3 is 0 Å². The maximum absolute atomic E-state index is 8.63. The highest BCUT2D eigenvalue weighted by Crippen LogP contribution is 2.44. The zero-order valence-electron chi connectivity index (χ0n) is 13.5. The van der Waals surface area contributed by atoms with E-state index in [-0.39, 0.29) is 5.41 Å². The number of phenolic OH excluding ortho intramolecular Hbond substituents is 1. The summed E-state index contributed by atoms with van der Waals surface area (Å²) in [6, 6.07) is 9.06. The molecule has 1 aliphatic carbocycles. The van der Waals surface area contributed by atoms with Gasteiger partial charge < -0.3 is 21.4 Å². The lowest BCUT2D eigenvalue weighted by atomic mass is 9.63. The third-order valence-electron chi connectivity index (χ3n) is 3.72. The Hall–Kier alpha value is -1.39. The molecule has 4 nitrogen and oxygen atoms in total. The zero-order valence-corrected chi connectivity index (χ0v) is 13.5. The maximum atomic E-state index is 8.63. The number of carbonyl (C=O) groups excluding carboxylic acids is 1. The van der Waals surface area contributed by atoms with Crippen molar-refractivity contribution in [3.63, 3.8) is 0 Å². The summed E-state index contributed by atoms with van der Waals surface area (Å²) in [5.74, 6) is 0.322. The van der Waals surface area contributed by atoms with Crippen LogP contribution < -0.4 is 11.5 Å². The number of carbonyl (C=O) groups is 1. The second-order valence-corrected chi connectivity index (χ2v) is 6.86. The van der Waals surface area contributed by atoms with Crippen molar-refractivity contribution in [2.75, 3.05) is 6.54 Å². The minimum Gasteiger partial charge on any atom is -0.508 e. The van der Waals surface area contributed by atoms with E-state index in [2.05, 4.69) is 20.8 Å². The Balaban J connectivity index is 0.000000377. The average molecular weight is 294 g/mol. The predicted octanol–water partition coefficient (Wildman–Crippen LogP) is 2.70. The molecular formula is C17H30N2O2. The van der Waals surface area contributed by atoms with Crippen LogP contribution in [0.3, 0.4) is 0 Å². The quantitative estimate of drug-likeness (QED) is 0.743. The molecule has 1 saturated carbocycles. The molecule has 120 valence electrons. The molecule has 0 spiro atoms. The summed E-state index contributed by atoms with van der Waals surface area (Å²) < 4.78 is 0. The molecule has 1 fully saturated rings. The van der Waals surface area contributed by atoms with E-state index in [1.807, 2.05) is 12.9 Å². The van der Waals surface area contributed by atoms with Crippen molar-refractivity contribution in [1.82, 2.24) is 0 Å². The van der Waals surface area contributed by atoms with Crippen LogP contribution in [0.25, 0.3) is 0 Å². The molecule has 0 amide bonds. The number of aromatic hydroxyl groups is 1. The summed E-state index contributed by atoms with van der Waals surface area (Å²) in [4.78, 5) is 8.00. The number of hydrogen-bond acceptors (Lipinski definition) is 4. The highest BCUT2D eigenvalue weighted by atomic mass is 16.3. The van der Waals surface area contributed by atoms with Gasteiger partial charge in [0.05, 0.1) is 0 Å². The first-order valence-electron chi connectivity index (χ1n) is 7.25. The molecular weight excluding hydrogens is 264 g/mol. The molecule has 0 saturated heterocycles. The van der Waals surface area contributed by atoms with E-state index >= 15 is 0 Å². The zero-order chi connectivity index (χ0) is 16.5. The van der Waals surface area contributed by atoms with Crippen LogP contribution in [0.15, 0.2) is 30.3 Å². The van der Waals surface area contributed by atoms with Crippen molar-refractivity contribution in [2.45, 2.75) is 46.1 Å². The van der Waals surface area contributed by atoms with E-state index in [0.29, 0.717) is 17.2 Å². The van der Waals surface area contributed by atoms with Gasteiger partial charge in [0, 0.05) is 6.04 Å². The van der Waals surface area contributed by atoms with E-state index in [9.17, 15) is 0 Å². The van der Waals surface area contributed by atoms with E-state index in [4.69, 9.17) is 21.4 Å². The summed E-state index contributed by atoms with van der Waals surface area (Å²) >= 11 is 0. The van der Waals surface area contributed by atoms with Gasteiger partial charge in [0.2, 0.25) is 0 Å². The lowest BCUT2D eigenvalue weighted by Crippen LogP contribution is -2.45. The summed E-state index contributed by atoms with van der Waals surface area (Å²) in [6.07, 6.45) is 3.44. The van der Waals surface area contributed by atoms with E-state index in [1.54, 1.807) is 24.3 Å². The van der Waals surface area contributed by atoms with Crippen molar-refractivity contribution >= 4 is 6.79 Å². The smallest absolute Gasteiger partial charge is 0.115 e. The third-order valence-corrected chi connectivity index (χ3v) is 3.72. The van der Waals surface area contributed by atoms with Crippen molar-refractivity contribution in [1.29, 1.82) is 0 Å². The second-order valence-electron chi connectivity index (χ2n) is 6.86. The Labute approximate surface area is 128 Å². The molecule has 1 aromatic rings. The second kappa shape index (κ2) is 8.80. The van der Waals surface area contributed by atoms with Gasteiger partial charge in [-0.3, -0.25) is 0 Å². The fourth-order valence-corrected chi connectivity index (χ4v) is 3.30. The van der Waals surface area contributed by atoms with Crippen molar-refractivity contribution < 1.29 is 9.90 Å². The highest BCUT2D eigenvalue weighted by Gasteiger charge is 2.38. The number of benzene rings is 1. The van der Waals surface area contributed by atoms with Gasteiger partial charge in [0.15, 0.2) is 0 Å². The summed E-state index contributed by atoms with van der Waals surface area (Å²) in [6.45, 7) is 9.61. The number of rotatable bonds is 1. The average Bonchev–Trinajstić information content (AvgIpc) is 2.40. The first-order valence-corrected chi connectivity index (χ1v) is 7.25. The van der Waals surface area contributed by atoms with E-state index < -0.39 is 0 Å². The van der Waals surface area contributed by atoms with Crippen LogP contribution >= 0.6 is 0 Å². The standard InChI is InChI=1S/C10H22N2.C6H6O.CH2O/c1-9(2)4-8(12)5-10(3,6-9)7-11;7-6-4-2-1-3-5-6;1-2/h8H,4-7,11-12H2,1-3H3;1-5,7H;1H2. The monoisotopic (exact) mass is 294 g/mol. The minimum atomic E-state index is 0.279. The Morgan fingerprint density at radius 1 is 1.19 bits per heavy atom. The van der Waals surface area contributed by atoms with Gasteiger partial charge in [-0.1, -0.05) is 39.0 Å². The molecule has 2 rings (SSSR count). The normalized spacial score (nSPS) is 26.6. The van der Waals surface area contributed by atoms with Crippen LogP contribution in [0.5, 0.6) is 5.75 Å². The van der Waals surface area contributed by atoms with Crippen LogP contribution in [-0.2, 0) is 4.79 Å². The number of para-hydroxylation sites is 1. The Morgan fingerprint density at radius 2 is 1.71 bits per heavy atom. The van der Waals surface area contributed by atoms with Crippen LogP contribution in [0.2, 0.25) is 0 Å².